The van der Waals surface area contributed by atoms with E-state index in [1.54, 1.807) is 0 Å². The molecule has 0 unspecified atom stereocenters. The van der Waals surface area contributed by atoms with Gasteiger partial charge in [-0.2, -0.15) is 0 Å². The second-order valence-electron chi connectivity index (χ2n) is 6.43. The number of likely N-dealkylation sites (tertiary alicyclic amines) is 1. The zero-order valence-corrected chi connectivity index (χ0v) is 13.8. The van der Waals surface area contributed by atoms with Crippen LogP contribution in [0.3, 0.4) is 0 Å². The van der Waals surface area contributed by atoms with Gasteiger partial charge in [-0.1, -0.05) is 30.3 Å². The fraction of sp³-hybridized carbons (Fsp3) is 0.625. The summed E-state index contributed by atoms with van der Waals surface area (Å²) >= 11 is 0. The Balaban J connectivity index is 1.53. The number of nitrogens with zero attached hydrogens (tertiary/aromatic N) is 1. The summed E-state index contributed by atoms with van der Waals surface area (Å²) in [4.78, 5) is 2.48. The van der Waals surface area contributed by atoms with Crippen LogP contribution in [0.25, 0.3) is 0 Å². The first-order valence-corrected chi connectivity index (χ1v) is 9.73. The molecule has 2 heterocycles. The average Bonchev–Trinajstić information content (AvgIpc) is 2.88. The van der Waals surface area contributed by atoms with Gasteiger partial charge in [-0.3, -0.25) is 4.90 Å². The lowest BCUT2D eigenvalue weighted by Crippen LogP contribution is -2.43. The van der Waals surface area contributed by atoms with Crippen LogP contribution in [0, 0.1) is 11.8 Å². The Morgan fingerprint density at radius 3 is 2.82 bits per heavy atom. The third kappa shape index (κ3) is 4.07. The number of fused-ring (bicyclic) bond motifs is 1. The van der Waals surface area contributed by atoms with Crippen LogP contribution in [0.2, 0.25) is 0 Å². The molecule has 1 N–H and O–H groups in total. The molecule has 2 aliphatic heterocycles. The number of benzene rings is 1. The van der Waals surface area contributed by atoms with Crippen LogP contribution >= 0.6 is 0 Å². The molecule has 122 valence electrons. The van der Waals surface area contributed by atoms with Crippen molar-refractivity contribution < 1.29 is 13.2 Å². The molecule has 2 fully saturated rings. The molecule has 1 aromatic rings. The summed E-state index contributed by atoms with van der Waals surface area (Å²) in [6.45, 7) is 4.21. The van der Waals surface area contributed by atoms with Crippen molar-refractivity contribution in [1.29, 1.82) is 0 Å². The summed E-state index contributed by atoms with van der Waals surface area (Å²) in [6.07, 6.45) is 2.30. The van der Waals surface area contributed by atoms with E-state index in [-0.39, 0.29) is 6.10 Å². The largest absolute Gasteiger partial charge is 0.376 e. The molecule has 1 aromatic carbocycles. The highest BCUT2D eigenvalue weighted by Crippen LogP contribution is 2.34. The summed E-state index contributed by atoms with van der Waals surface area (Å²) < 4.78 is 30.9. The molecule has 22 heavy (non-hydrogen) atoms. The van der Waals surface area contributed by atoms with Crippen LogP contribution in [-0.4, -0.2) is 51.9 Å². The zero-order chi connectivity index (χ0) is 15.6. The molecule has 0 spiro atoms. The summed E-state index contributed by atoms with van der Waals surface area (Å²) in [7, 11) is -3.14. The van der Waals surface area contributed by atoms with Crippen LogP contribution in [-0.2, 0) is 21.3 Å². The van der Waals surface area contributed by atoms with E-state index in [9.17, 15) is 8.42 Å². The lowest BCUT2D eigenvalue weighted by molar-refractivity contribution is 0.0885. The molecule has 0 aromatic heterocycles. The van der Waals surface area contributed by atoms with Gasteiger partial charge in [-0.05, 0) is 24.4 Å². The van der Waals surface area contributed by atoms with Gasteiger partial charge in [-0.15, -0.1) is 0 Å². The standard InChI is InChI=1S/C16H24N2O3S/c1-22(19,20)17-9-16-15-7-8-18(11-14(15)12-21-16)10-13-5-3-2-4-6-13/h2-6,14-17H,7-12H2,1H3/t14-,15-,16-/m0/s1. The molecule has 0 radical (unpaired) electrons. The molecule has 3 atom stereocenters. The topological polar surface area (TPSA) is 58.6 Å². The molecular weight excluding hydrogens is 300 g/mol. The molecule has 2 saturated heterocycles. The van der Waals surface area contributed by atoms with Crippen LogP contribution in [0.4, 0.5) is 0 Å². The molecule has 0 amide bonds. The lowest BCUT2D eigenvalue weighted by atomic mass is 9.84. The van der Waals surface area contributed by atoms with Gasteiger partial charge in [0.25, 0.3) is 0 Å². The van der Waals surface area contributed by atoms with Gasteiger partial charge < -0.3 is 4.74 Å². The minimum absolute atomic E-state index is 0.0265. The summed E-state index contributed by atoms with van der Waals surface area (Å²) in [5.41, 5.74) is 1.34. The molecule has 3 rings (SSSR count). The van der Waals surface area contributed by atoms with E-state index in [1.165, 1.54) is 11.8 Å². The summed E-state index contributed by atoms with van der Waals surface area (Å²) in [6, 6.07) is 10.5. The first-order chi connectivity index (χ1) is 10.5. The van der Waals surface area contributed by atoms with Gasteiger partial charge in [-0.25, -0.2) is 13.1 Å². The predicted octanol–water partition coefficient (Wildman–Crippen LogP) is 1.07. The Bertz CT molecular complexity index is 591. The lowest BCUT2D eigenvalue weighted by Gasteiger charge is -2.35. The first-order valence-electron chi connectivity index (χ1n) is 7.84. The van der Waals surface area contributed by atoms with Gasteiger partial charge >= 0.3 is 0 Å². The smallest absolute Gasteiger partial charge is 0.208 e. The first kappa shape index (κ1) is 15.9. The maximum Gasteiger partial charge on any atom is 0.208 e. The molecule has 5 nitrogen and oxygen atoms in total. The molecule has 0 saturated carbocycles. The average molecular weight is 324 g/mol. The second kappa shape index (κ2) is 6.66. The maximum atomic E-state index is 11.2. The maximum absolute atomic E-state index is 11.2. The minimum atomic E-state index is -3.14. The Labute approximate surface area is 132 Å². The van der Waals surface area contributed by atoms with Gasteiger partial charge in [0.05, 0.1) is 19.0 Å². The quantitative estimate of drug-likeness (QED) is 0.880. The van der Waals surface area contributed by atoms with Crippen molar-refractivity contribution in [3.63, 3.8) is 0 Å². The summed E-state index contributed by atoms with van der Waals surface area (Å²) in [5, 5.41) is 0. The Kier molecular flexibility index (Phi) is 4.82. The van der Waals surface area contributed by atoms with E-state index in [0.29, 0.717) is 18.4 Å². The fourth-order valence-electron chi connectivity index (χ4n) is 3.59. The van der Waals surface area contributed by atoms with Gasteiger partial charge in [0.1, 0.15) is 0 Å². The second-order valence-corrected chi connectivity index (χ2v) is 8.26. The molecule has 6 heteroatoms. The van der Waals surface area contributed by atoms with Crippen LogP contribution in [0.15, 0.2) is 30.3 Å². The fourth-order valence-corrected chi connectivity index (χ4v) is 4.06. The van der Waals surface area contributed by atoms with E-state index in [2.05, 4.69) is 33.9 Å². The van der Waals surface area contributed by atoms with Crippen molar-refractivity contribution in [1.82, 2.24) is 9.62 Å². The van der Waals surface area contributed by atoms with Gasteiger partial charge in [0.15, 0.2) is 0 Å². The molecule has 0 bridgehead atoms. The van der Waals surface area contributed by atoms with Crippen molar-refractivity contribution >= 4 is 10.0 Å². The van der Waals surface area contributed by atoms with Crippen molar-refractivity contribution in [2.75, 3.05) is 32.5 Å². The number of rotatable bonds is 5. The SMILES string of the molecule is CS(=O)(=O)NC[C@@H]1OC[C@@H]2CN(Cc3ccccc3)CC[C@@H]21. The van der Waals surface area contributed by atoms with E-state index in [4.69, 9.17) is 4.74 Å². The zero-order valence-electron chi connectivity index (χ0n) is 12.9. The normalized spacial score (nSPS) is 29.4. The monoisotopic (exact) mass is 324 g/mol. The third-order valence-corrected chi connectivity index (χ3v) is 5.37. The number of nitrogens with one attached hydrogen (secondary N) is 1. The van der Waals surface area contributed by atoms with E-state index >= 15 is 0 Å². The van der Waals surface area contributed by atoms with Crippen molar-refractivity contribution in [3.05, 3.63) is 35.9 Å². The van der Waals surface area contributed by atoms with Crippen molar-refractivity contribution in [2.45, 2.75) is 19.1 Å². The third-order valence-electron chi connectivity index (χ3n) is 4.67. The number of sulfonamides is 1. The Hall–Kier alpha value is -0.950. The Morgan fingerprint density at radius 1 is 1.32 bits per heavy atom. The van der Waals surface area contributed by atoms with Crippen molar-refractivity contribution in [3.8, 4) is 0 Å². The number of hydrogen-bond acceptors (Lipinski definition) is 4. The predicted molar refractivity (Wildman–Crippen MR) is 85.9 cm³/mol. The van der Waals surface area contributed by atoms with Gasteiger partial charge in [0.2, 0.25) is 10.0 Å². The Morgan fingerprint density at radius 2 is 2.09 bits per heavy atom. The van der Waals surface area contributed by atoms with E-state index in [1.807, 2.05) is 6.07 Å². The molecular formula is C16H24N2O3S. The minimum Gasteiger partial charge on any atom is -0.376 e. The van der Waals surface area contributed by atoms with E-state index in [0.717, 1.165) is 32.7 Å². The molecule has 0 aliphatic carbocycles. The van der Waals surface area contributed by atoms with Crippen molar-refractivity contribution in [2.24, 2.45) is 11.8 Å². The number of piperidine rings is 1. The van der Waals surface area contributed by atoms with Crippen LogP contribution < -0.4 is 4.72 Å². The van der Waals surface area contributed by atoms with Gasteiger partial charge in [0, 0.05) is 25.6 Å². The number of ether oxygens (including phenoxy) is 1. The summed E-state index contributed by atoms with van der Waals surface area (Å²) in [5.74, 6) is 0.991. The van der Waals surface area contributed by atoms with Crippen LogP contribution in [0.1, 0.15) is 12.0 Å². The molecule has 2 aliphatic rings. The highest BCUT2D eigenvalue weighted by molar-refractivity contribution is 7.88. The van der Waals surface area contributed by atoms with E-state index < -0.39 is 10.0 Å². The highest BCUT2D eigenvalue weighted by atomic mass is 32.2. The van der Waals surface area contributed by atoms with Crippen LogP contribution in [0.5, 0.6) is 0 Å². The highest BCUT2D eigenvalue weighted by Gasteiger charge is 2.40. The number of hydrogen-bond donors (Lipinski definition) is 1.